The molecular weight excluding hydrogens is 652 g/mol. The number of carbonyl (C=O) groups is 3. The molecule has 1 N–H and O–H groups in total. The average molecular weight is 671 g/mol. The summed E-state index contributed by atoms with van der Waals surface area (Å²) in [7, 11) is 2.62. The largest absolute Gasteiger partial charge is 0.480 e. The Morgan fingerprint density at radius 1 is 1.03 bits per heavy atom. The standard InChI is InChI=1S/C24H19I2NO6/c1-11-18(24(30)32-3)19(20-21(27-11)13-6-4-5-7-14(13)22(20)29)12-8-15(25)23(16(26)9-12)33-10-17(28)31-2/h4-9,19,27H,10H2,1-3H3/t19-/m0/s1. The number of rotatable bonds is 5. The van der Waals surface area contributed by atoms with Crippen LogP contribution in [0.15, 0.2) is 53.2 Å². The molecule has 0 radical (unpaired) electrons. The summed E-state index contributed by atoms with van der Waals surface area (Å²) in [4.78, 5) is 37.8. The van der Waals surface area contributed by atoms with Crippen LogP contribution in [-0.4, -0.2) is 38.5 Å². The van der Waals surface area contributed by atoms with Gasteiger partial charge in [-0.15, -0.1) is 0 Å². The maximum Gasteiger partial charge on any atom is 0.343 e. The molecule has 0 fully saturated rings. The Kier molecular flexibility index (Phi) is 6.80. The highest BCUT2D eigenvalue weighted by atomic mass is 127. The molecule has 2 aliphatic rings. The third-order valence-corrected chi connectivity index (χ3v) is 7.17. The number of nitrogens with one attached hydrogen (secondary N) is 1. The van der Waals surface area contributed by atoms with Gasteiger partial charge in [0.2, 0.25) is 0 Å². The van der Waals surface area contributed by atoms with Crippen LogP contribution in [-0.2, 0) is 19.1 Å². The van der Waals surface area contributed by atoms with Gasteiger partial charge in [0.1, 0.15) is 5.75 Å². The van der Waals surface area contributed by atoms with Crippen LogP contribution in [0.2, 0.25) is 0 Å². The number of benzene rings is 2. The summed E-state index contributed by atoms with van der Waals surface area (Å²) >= 11 is 4.24. The van der Waals surface area contributed by atoms with Gasteiger partial charge in [0.25, 0.3) is 0 Å². The molecule has 2 aromatic rings. The Balaban J connectivity index is 1.86. The number of ether oxygens (including phenoxy) is 3. The molecule has 1 aliphatic heterocycles. The fourth-order valence-corrected chi connectivity index (χ4v) is 6.24. The highest BCUT2D eigenvalue weighted by Gasteiger charge is 2.43. The van der Waals surface area contributed by atoms with E-state index in [1.807, 2.05) is 30.3 Å². The van der Waals surface area contributed by atoms with Gasteiger partial charge in [-0.05, 0) is 69.8 Å². The van der Waals surface area contributed by atoms with E-state index in [0.29, 0.717) is 33.9 Å². The molecule has 0 unspecified atom stereocenters. The molecule has 1 atom stereocenters. The second kappa shape index (κ2) is 9.45. The Labute approximate surface area is 217 Å². The first-order valence-corrected chi connectivity index (χ1v) is 12.1. The van der Waals surface area contributed by atoms with E-state index in [9.17, 15) is 14.4 Å². The summed E-state index contributed by atoms with van der Waals surface area (Å²) in [6, 6.07) is 11.1. The molecule has 33 heavy (non-hydrogen) atoms. The maximum atomic E-state index is 13.5. The predicted octanol–water partition coefficient (Wildman–Crippen LogP) is 4.19. The van der Waals surface area contributed by atoms with E-state index in [1.165, 1.54) is 14.2 Å². The van der Waals surface area contributed by atoms with Gasteiger partial charge >= 0.3 is 11.9 Å². The van der Waals surface area contributed by atoms with Crippen LogP contribution in [0.4, 0.5) is 0 Å². The molecule has 170 valence electrons. The van der Waals surface area contributed by atoms with Crippen molar-refractivity contribution in [3.63, 3.8) is 0 Å². The molecule has 2 aromatic carbocycles. The van der Waals surface area contributed by atoms with E-state index >= 15 is 0 Å². The lowest BCUT2D eigenvalue weighted by Crippen LogP contribution is -2.29. The molecule has 0 amide bonds. The number of halogens is 2. The second-order valence-corrected chi connectivity index (χ2v) is 9.75. The lowest BCUT2D eigenvalue weighted by Gasteiger charge is -2.29. The molecule has 0 saturated carbocycles. The molecule has 0 aromatic heterocycles. The van der Waals surface area contributed by atoms with Crippen LogP contribution in [0.25, 0.3) is 5.70 Å². The van der Waals surface area contributed by atoms with Crippen LogP contribution in [0.3, 0.4) is 0 Å². The molecule has 0 spiro atoms. The van der Waals surface area contributed by atoms with Gasteiger partial charge in [-0.1, -0.05) is 24.3 Å². The summed E-state index contributed by atoms with van der Waals surface area (Å²) in [5.74, 6) is -1.20. The van der Waals surface area contributed by atoms with Crippen molar-refractivity contribution in [1.29, 1.82) is 0 Å². The number of dihydropyridines is 1. The second-order valence-electron chi connectivity index (χ2n) is 7.43. The van der Waals surface area contributed by atoms with Crippen LogP contribution in [0.1, 0.15) is 34.3 Å². The lowest BCUT2D eigenvalue weighted by molar-refractivity contribution is -0.143. The molecule has 7 nitrogen and oxygen atoms in total. The van der Waals surface area contributed by atoms with E-state index in [2.05, 4.69) is 55.2 Å². The topological polar surface area (TPSA) is 90.9 Å². The van der Waals surface area contributed by atoms with Crippen molar-refractivity contribution in [3.8, 4) is 5.75 Å². The SMILES string of the molecule is COC(=O)COc1c(I)cc([C@H]2C(C(=O)OC)=C(C)NC3=C2C(=O)c2ccccc23)cc1I. The van der Waals surface area contributed by atoms with Crippen molar-refractivity contribution in [2.24, 2.45) is 0 Å². The maximum absolute atomic E-state index is 13.5. The number of hydrogen-bond acceptors (Lipinski definition) is 7. The van der Waals surface area contributed by atoms with Gasteiger partial charge < -0.3 is 19.5 Å². The number of carbonyl (C=O) groups excluding carboxylic acids is 3. The summed E-state index contributed by atoms with van der Waals surface area (Å²) in [6.45, 7) is 1.59. The van der Waals surface area contributed by atoms with Gasteiger partial charge in [0.05, 0.1) is 32.6 Å². The van der Waals surface area contributed by atoms with Gasteiger partial charge in [-0.2, -0.15) is 0 Å². The first-order valence-electron chi connectivity index (χ1n) is 9.91. The number of allylic oxidation sites excluding steroid dienone is 2. The van der Waals surface area contributed by atoms with E-state index in [0.717, 1.165) is 18.3 Å². The highest BCUT2D eigenvalue weighted by Crippen LogP contribution is 2.47. The van der Waals surface area contributed by atoms with Crippen molar-refractivity contribution in [2.75, 3.05) is 20.8 Å². The Morgan fingerprint density at radius 3 is 2.27 bits per heavy atom. The summed E-state index contributed by atoms with van der Waals surface area (Å²) in [5, 5.41) is 3.27. The van der Waals surface area contributed by atoms with Crippen LogP contribution < -0.4 is 10.1 Å². The first-order chi connectivity index (χ1) is 15.8. The minimum absolute atomic E-state index is 0.122. The normalized spacial score (nSPS) is 16.8. The van der Waals surface area contributed by atoms with E-state index in [-0.39, 0.29) is 12.4 Å². The average Bonchev–Trinajstić information content (AvgIpc) is 3.08. The fourth-order valence-electron chi connectivity index (χ4n) is 4.12. The molecular formula is C24H19I2NO6. The number of esters is 2. The highest BCUT2D eigenvalue weighted by molar-refractivity contribution is 14.1. The van der Waals surface area contributed by atoms with Crippen LogP contribution in [0.5, 0.6) is 5.75 Å². The summed E-state index contributed by atoms with van der Waals surface area (Å²) in [5.41, 5.74) is 4.40. The Hall–Kier alpha value is -2.41. The molecule has 1 heterocycles. The number of Topliss-reactive ketones (excluding diaryl/α,β-unsaturated/α-hetero) is 1. The van der Waals surface area contributed by atoms with Crippen LogP contribution in [0, 0.1) is 7.14 Å². The van der Waals surface area contributed by atoms with Crippen LogP contribution >= 0.6 is 45.2 Å². The third-order valence-electron chi connectivity index (χ3n) is 5.57. The zero-order valence-corrected chi connectivity index (χ0v) is 22.3. The van der Waals surface area contributed by atoms with Crippen molar-refractivity contribution in [1.82, 2.24) is 5.32 Å². The fraction of sp³-hybridized carbons (Fsp3) is 0.208. The summed E-state index contributed by atoms with van der Waals surface area (Å²) < 4.78 is 16.9. The minimum atomic E-state index is -0.620. The number of methoxy groups -OCH3 is 2. The minimum Gasteiger partial charge on any atom is -0.480 e. The Morgan fingerprint density at radius 2 is 1.67 bits per heavy atom. The number of hydrogen-bond donors (Lipinski definition) is 1. The van der Waals surface area contributed by atoms with E-state index in [1.54, 1.807) is 13.0 Å². The first kappa shape index (κ1) is 23.7. The monoisotopic (exact) mass is 671 g/mol. The zero-order valence-electron chi connectivity index (χ0n) is 18.0. The van der Waals surface area contributed by atoms with E-state index < -0.39 is 17.9 Å². The third kappa shape index (κ3) is 4.16. The van der Waals surface area contributed by atoms with Crippen molar-refractivity contribution in [2.45, 2.75) is 12.8 Å². The molecule has 1 aliphatic carbocycles. The summed E-state index contributed by atoms with van der Waals surface area (Å²) in [6.07, 6.45) is 0. The molecule has 4 rings (SSSR count). The number of ketones is 1. The molecule has 9 heteroatoms. The lowest BCUT2D eigenvalue weighted by atomic mass is 9.80. The smallest absolute Gasteiger partial charge is 0.343 e. The predicted molar refractivity (Wildman–Crippen MR) is 138 cm³/mol. The van der Waals surface area contributed by atoms with Gasteiger partial charge in [0, 0.05) is 28.3 Å². The van der Waals surface area contributed by atoms with Crippen molar-refractivity contribution in [3.05, 3.63) is 77.1 Å². The van der Waals surface area contributed by atoms with Gasteiger partial charge in [0.15, 0.2) is 12.4 Å². The van der Waals surface area contributed by atoms with E-state index in [4.69, 9.17) is 9.47 Å². The van der Waals surface area contributed by atoms with Gasteiger partial charge in [-0.3, -0.25) is 4.79 Å². The molecule has 0 saturated heterocycles. The molecule has 0 bridgehead atoms. The quantitative estimate of drug-likeness (QED) is 0.377. The Bertz CT molecular complexity index is 1240. The van der Waals surface area contributed by atoms with Crippen molar-refractivity contribution >= 4 is 68.6 Å². The zero-order chi connectivity index (χ0) is 23.9. The number of fused-ring (bicyclic) bond motifs is 2. The van der Waals surface area contributed by atoms with Gasteiger partial charge in [-0.25, -0.2) is 9.59 Å². The van der Waals surface area contributed by atoms with Crippen molar-refractivity contribution < 1.29 is 28.6 Å².